The fourth-order valence-corrected chi connectivity index (χ4v) is 3.82. The summed E-state index contributed by atoms with van der Waals surface area (Å²) in [7, 11) is 3.26. The number of aromatic amines is 1. The molecule has 0 radical (unpaired) electrons. The van der Waals surface area contributed by atoms with E-state index in [0.717, 1.165) is 44.9 Å². The van der Waals surface area contributed by atoms with Crippen LogP contribution >= 0.6 is 0 Å². The molecular weight excluding hydrogens is 468 g/mol. The van der Waals surface area contributed by atoms with Crippen molar-refractivity contribution in [3.8, 4) is 11.5 Å². The van der Waals surface area contributed by atoms with E-state index in [0.29, 0.717) is 18.9 Å². The average Bonchev–Trinajstić information content (AvgIpc) is 3.29. The molecule has 0 saturated carbocycles. The van der Waals surface area contributed by atoms with Crippen LogP contribution in [-0.4, -0.2) is 47.6 Å². The van der Waals surface area contributed by atoms with E-state index in [4.69, 9.17) is 9.47 Å². The molecule has 0 unspecified atom stereocenters. The number of rotatable bonds is 8. The lowest BCUT2D eigenvalue weighted by Crippen LogP contribution is -2.35. The molecule has 0 aliphatic heterocycles. The Hall–Kier alpha value is -4.66. The quantitative estimate of drug-likeness (QED) is 0.188. The maximum atomic E-state index is 12.7. The molecule has 2 heterocycles. The Kier molecular flexibility index (Phi) is 8.15. The van der Waals surface area contributed by atoms with Gasteiger partial charge in [0.2, 0.25) is 11.9 Å². The number of nitrogens with one attached hydrogen (secondary N) is 3. The van der Waals surface area contributed by atoms with E-state index in [2.05, 4.69) is 30.6 Å². The summed E-state index contributed by atoms with van der Waals surface area (Å²) in [5.41, 5.74) is 4.62. The molecule has 0 atom stereocenters. The molecule has 9 heteroatoms. The highest BCUT2D eigenvalue weighted by atomic mass is 16.5. The first-order chi connectivity index (χ1) is 17.9. The second-order valence-corrected chi connectivity index (χ2v) is 8.40. The molecule has 0 spiro atoms. The van der Waals surface area contributed by atoms with Gasteiger partial charge < -0.3 is 14.5 Å². The predicted molar refractivity (Wildman–Crippen MR) is 146 cm³/mol. The molecule has 3 N–H and O–H groups in total. The van der Waals surface area contributed by atoms with E-state index in [-0.39, 0.29) is 11.9 Å². The van der Waals surface area contributed by atoms with Crippen LogP contribution in [0.2, 0.25) is 0 Å². The second kappa shape index (κ2) is 11.9. The number of aryl methyl sites for hydroxylation is 2. The van der Waals surface area contributed by atoms with Crippen molar-refractivity contribution >= 4 is 34.8 Å². The van der Waals surface area contributed by atoms with E-state index < -0.39 is 0 Å². The molecule has 0 bridgehead atoms. The Morgan fingerprint density at radius 1 is 1.00 bits per heavy atom. The van der Waals surface area contributed by atoms with Crippen LogP contribution in [0, 0.1) is 13.8 Å². The maximum Gasteiger partial charge on any atom is 0.250 e. The molecule has 0 saturated heterocycles. The van der Waals surface area contributed by atoms with Gasteiger partial charge in [0, 0.05) is 41.1 Å². The number of aliphatic imine (C=N–C) groups is 1. The van der Waals surface area contributed by atoms with Gasteiger partial charge in [-0.15, -0.1) is 0 Å². The standard InChI is InChI=1S/C28H30N6O3/c1-18-15-19(2)32-28(31-18)34-27(33-26(35)12-7-20-5-8-22(36-3)9-6-20)29-14-13-21-17-30-25-11-10-23(37-4)16-24(21)25/h5-12,15-17,30H,13-14H2,1-4H3,(H2,29,31,32,33,34,35)/b12-7+. The molecule has 4 rings (SSSR count). The number of carbonyl (C=O) groups is 1. The van der Waals surface area contributed by atoms with Gasteiger partial charge in [0.15, 0.2) is 0 Å². The summed E-state index contributed by atoms with van der Waals surface area (Å²) in [6.07, 6.45) is 5.80. The summed E-state index contributed by atoms with van der Waals surface area (Å²) in [4.78, 5) is 29.4. The monoisotopic (exact) mass is 498 g/mol. The van der Waals surface area contributed by atoms with E-state index in [1.165, 1.54) is 6.08 Å². The smallest absolute Gasteiger partial charge is 0.250 e. The molecule has 0 fully saturated rings. The van der Waals surface area contributed by atoms with Crippen LogP contribution in [-0.2, 0) is 11.2 Å². The number of carbonyl (C=O) groups excluding carboxylic acids is 1. The Balaban J connectivity index is 1.50. The largest absolute Gasteiger partial charge is 0.497 e. The zero-order valence-electron chi connectivity index (χ0n) is 21.3. The Labute approximate surface area is 215 Å². The number of fused-ring (bicyclic) bond motifs is 1. The molecule has 190 valence electrons. The Bertz CT molecular complexity index is 1420. The molecular formula is C28H30N6O3. The number of anilines is 1. The third-order valence-electron chi connectivity index (χ3n) is 5.62. The van der Waals surface area contributed by atoms with Crippen LogP contribution < -0.4 is 20.1 Å². The number of methoxy groups -OCH3 is 2. The number of aromatic nitrogens is 3. The number of nitrogens with zero attached hydrogens (tertiary/aromatic N) is 3. The summed E-state index contributed by atoms with van der Waals surface area (Å²) >= 11 is 0. The highest BCUT2D eigenvalue weighted by molar-refractivity contribution is 6.08. The first-order valence-corrected chi connectivity index (χ1v) is 11.8. The van der Waals surface area contributed by atoms with Crippen molar-refractivity contribution in [2.75, 3.05) is 26.1 Å². The Morgan fingerprint density at radius 3 is 2.41 bits per heavy atom. The minimum Gasteiger partial charge on any atom is -0.497 e. The van der Waals surface area contributed by atoms with Crippen LogP contribution in [0.15, 0.2) is 65.8 Å². The number of guanidine groups is 1. The zero-order valence-corrected chi connectivity index (χ0v) is 21.3. The lowest BCUT2D eigenvalue weighted by atomic mass is 10.1. The normalized spacial score (nSPS) is 11.6. The predicted octanol–water partition coefficient (Wildman–Crippen LogP) is 4.43. The zero-order chi connectivity index (χ0) is 26.2. The Morgan fingerprint density at radius 2 is 1.70 bits per heavy atom. The fraction of sp³-hybridized carbons (Fsp3) is 0.214. The van der Waals surface area contributed by atoms with Crippen LogP contribution in [0.4, 0.5) is 5.95 Å². The first kappa shape index (κ1) is 25.4. The molecule has 4 aromatic rings. The SMILES string of the molecule is COc1ccc(/C=C/C(=O)NC(=NCCc2c[nH]c3ccc(OC)cc23)Nc2nc(C)cc(C)n2)cc1. The number of hydrogen-bond acceptors (Lipinski definition) is 6. The van der Waals surface area contributed by atoms with Gasteiger partial charge in [-0.1, -0.05) is 12.1 Å². The molecule has 9 nitrogen and oxygen atoms in total. The summed E-state index contributed by atoms with van der Waals surface area (Å²) in [6.45, 7) is 4.20. The summed E-state index contributed by atoms with van der Waals surface area (Å²) < 4.78 is 10.5. The van der Waals surface area contributed by atoms with Gasteiger partial charge in [0.05, 0.1) is 14.2 Å². The molecule has 37 heavy (non-hydrogen) atoms. The number of amides is 1. The topological polar surface area (TPSA) is 114 Å². The molecule has 2 aromatic carbocycles. The van der Waals surface area contributed by atoms with Crippen molar-refractivity contribution in [3.05, 3.63) is 83.3 Å². The van der Waals surface area contributed by atoms with Crippen LogP contribution in [0.5, 0.6) is 11.5 Å². The number of hydrogen-bond donors (Lipinski definition) is 3. The second-order valence-electron chi connectivity index (χ2n) is 8.40. The van der Waals surface area contributed by atoms with Gasteiger partial charge in [-0.25, -0.2) is 9.97 Å². The third kappa shape index (κ3) is 6.94. The highest BCUT2D eigenvalue weighted by Gasteiger charge is 2.09. The van der Waals surface area contributed by atoms with Crippen molar-refractivity contribution in [2.24, 2.45) is 4.99 Å². The maximum absolute atomic E-state index is 12.7. The van der Waals surface area contributed by atoms with Crippen LogP contribution in [0.1, 0.15) is 22.5 Å². The molecule has 2 aromatic heterocycles. The minimum atomic E-state index is -0.330. The van der Waals surface area contributed by atoms with Crippen molar-refractivity contribution in [1.82, 2.24) is 20.3 Å². The first-order valence-electron chi connectivity index (χ1n) is 11.8. The van der Waals surface area contributed by atoms with Crippen LogP contribution in [0.25, 0.3) is 17.0 Å². The third-order valence-corrected chi connectivity index (χ3v) is 5.62. The summed E-state index contributed by atoms with van der Waals surface area (Å²) in [5, 5.41) is 6.95. The van der Waals surface area contributed by atoms with Crippen molar-refractivity contribution in [1.29, 1.82) is 0 Å². The lowest BCUT2D eigenvalue weighted by Gasteiger charge is -2.10. The van der Waals surface area contributed by atoms with E-state index >= 15 is 0 Å². The van der Waals surface area contributed by atoms with E-state index in [1.54, 1.807) is 20.3 Å². The molecule has 1 amide bonds. The van der Waals surface area contributed by atoms with Gasteiger partial charge in [0.25, 0.3) is 5.91 Å². The van der Waals surface area contributed by atoms with Gasteiger partial charge >= 0.3 is 0 Å². The summed E-state index contributed by atoms with van der Waals surface area (Å²) in [6, 6.07) is 15.2. The van der Waals surface area contributed by atoms with Crippen molar-refractivity contribution < 1.29 is 14.3 Å². The molecule has 0 aliphatic carbocycles. The van der Waals surface area contributed by atoms with Gasteiger partial charge in [-0.05, 0) is 73.9 Å². The van der Waals surface area contributed by atoms with Gasteiger partial charge in [-0.2, -0.15) is 0 Å². The van der Waals surface area contributed by atoms with Gasteiger partial charge in [0.1, 0.15) is 11.5 Å². The highest BCUT2D eigenvalue weighted by Crippen LogP contribution is 2.24. The van der Waals surface area contributed by atoms with E-state index in [1.807, 2.05) is 68.6 Å². The number of benzene rings is 2. The number of H-pyrrole nitrogens is 1. The lowest BCUT2D eigenvalue weighted by molar-refractivity contribution is -0.115. The number of ether oxygens (including phenoxy) is 2. The van der Waals surface area contributed by atoms with Crippen molar-refractivity contribution in [3.63, 3.8) is 0 Å². The van der Waals surface area contributed by atoms with Gasteiger partial charge in [-0.3, -0.25) is 20.4 Å². The molecule has 0 aliphatic rings. The van der Waals surface area contributed by atoms with Crippen LogP contribution in [0.3, 0.4) is 0 Å². The minimum absolute atomic E-state index is 0.270. The van der Waals surface area contributed by atoms with Crippen molar-refractivity contribution in [2.45, 2.75) is 20.3 Å². The average molecular weight is 499 g/mol. The van der Waals surface area contributed by atoms with E-state index in [9.17, 15) is 4.79 Å². The summed E-state index contributed by atoms with van der Waals surface area (Å²) in [5.74, 6) is 1.85. The fourth-order valence-electron chi connectivity index (χ4n) is 3.82.